The fraction of sp³-hybridized carbons (Fsp3) is 0.625. The zero-order valence-corrected chi connectivity index (χ0v) is 18.7. The summed E-state index contributed by atoms with van der Waals surface area (Å²) in [7, 11) is 0. The van der Waals surface area contributed by atoms with Crippen LogP contribution in [0.4, 0.5) is 4.79 Å². The average molecular weight is 414 g/mol. The van der Waals surface area contributed by atoms with Gasteiger partial charge in [-0.15, -0.1) is 0 Å². The van der Waals surface area contributed by atoms with Gasteiger partial charge in [-0.25, -0.2) is 4.79 Å². The molecule has 1 heterocycles. The summed E-state index contributed by atoms with van der Waals surface area (Å²) in [6, 6.07) is 7.59. The molecule has 0 bridgehead atoms. The minimum absolute atomic E-state index is 0.194. The molecule has 0 radical (unpaired) electrons. The number of hydrogen-bond acceptors (Lipinski definition) is 3. The number of amides is 4. The summed E-state index contributed by atoms with van der Waals surface area (Å²) in [6.45, 7) is 8.21. The molecule has 0 unspecified atom stereocenters. The molecule has 3 rings (SSSR count). The molecule has 1 saturated carbocycles. The lowest BCUT2D eigenvalue weighted by Gasteiger charge is -2.34. The number of urea groups is 1. The summed E-state index contributed by atoms with van der Waals surface area (Å²) in [5.74, 6) is 0.641. The van der Waals surface area contributed by atoms with Crippen molar-refractivity contribution in [1.29, 1.82) is 0 Å². The third kappa shape index (κ3) is 4.85. The van der Waals surface area contributed by atoms with Crippen molar-refractivity contribution >= 4 is 17.8 Å². The van der Waals surface area contributed by atoms with Crippen LogP contribution in [0.25, 0.3) is 0 Å². The van der Waals surface area contributed by atoms with Crippen LogP contribution in [0.3, 0.4) is 0 Å². The Morgan fingerprint density at radius 2 is 1.80 bits per heavy atom. The van der Waals surface area contributed by atoms with Crippen molar-refractivity contribution in [1.82, 2.24) is 15.5 Å². The van der Waals surface area contributed by atoms with Crippen molar-refractivity contribution < 1.29 is 14.4 Å². The van der Waals surface area contributed by atoms with Crippen molar-refractivity contribution in [2.75, 3.05) is 6.54 Å². The maximum absolute atomic E-state index is 13.0. The smallest absolute Gasteiger partial charge is 0.325 e. The standard InChI is InChI=1S/C24H35N3O3/c1-5-18-10-12-24(13-11-18)22(29)27(23(30)26-24)15-21(28)25-17(4)20-8-6-19(7-9-20)14-16(2)3/h6-9,16-18H,5,10-15H2,1-4H3,(H,25,28)(H,26,30)/t17-,18?,24?/m1/s1. The predicted octanol–water partition coefficient (Wildman–Crippen LogP) is 3.95. The first kappa shape index (κ1) is 22.3. The van der Waals surface area contributed by atoms with Gasteiger partial charge in [0, 0.05) is 0 Å². The van der Waals surface area contributed by atoms with Crippen molar-refractivity contribution in [3.63, 3.8) is 0 Å². The zero-order chi connectivity index (χ0) is 21.9. The highest BCUT2D eigenvalue weighted by Crippen LogP contribution is 2.37. The Labute approximate surface area is 179 Å². The molecule has 2 N–H and O–H groups in total. The first-order valence-corrected chi connectivity index (χ1v) is 11.3. The molecule has 1 atom stereocenters. The second-order valence-corrected chi connectivity index (χ2v) is 9.38. The average Bonchev–Trinajstić information content (AvgIpc) is 2.92. The summed E-state index contributed by atoms with van der Waals surface area (Å²) < 4.78 is 0. The molecule has 2 aliphatic rings. The fourth-order valence-electron chi connectivity index (χ4n) is 4.67. The number of carbonyl (C=O) groups is 3. The van der Waals surface area contributed by atoms with Gasteiger partial charge in [0.15, 0.2) is 0 Å². The Hall–Kier alpha value is -2.37. The highest BCUT2D eigenvalue weighted by Gasteiger charge is 2.52. The Morgan fingerprint density at radius 3 is 2.37 bits per heavy atom. The summed E-state index contributed by atoms with van der Waals surface area (Å²) >= 11 is 0. The second kappa shape index (κ2) is 9.19. The molecule has 2 fully saturated rings. The van der Waals surface area contributed by atoms with E-state index in [1.165, 1.54) is 5.56 Å². The Kier molecular flexibility index (Phi) is 6.84. The number of benzene rings is 1. The zero-order valence-electron chi connectivity index (χ0n) is 18.7. The van der Waals surface area contributed by atoms with Crippen LogP contribution in [-0.2, 0) is 16.0 Å². The first-order chi connectivity index (χ1) is 14.2. The van der Waals surface area contributed by atoms with Crippen LogP contribution in [0, 0.1) is 11.8 Å². The molecule has 1 aliphatic carbocycles. The summed E-state index contributed by atoms with van der Waals surface area (Å²) in [4.78, 5) is 39.1. The highest BCUT2D eigenvalue weighted by atomic mass is 16.2. The Bertz CT molecular complexity index is 779. The lowest BCUT2D eigenvalue weighted by Crippen LogP contribution is -2.50. The molecule has 1 aliphatic heterocycles. The molecule has 6 nitrogen and oxygen atoms in total. The number of rotatable bonds is 7. The monoisotopic (exact) mass is 413 g/mol. The highest BCUT2D eigenvalue weighted by molar-refractivity contribution is 6.09. The number of nitrogens with zero attached hydrogens (tertiary/aromatic N) is 1. The number of hydrogen-bond donors (Lipinski definition) is 2. The molecule has 0 aromatic heterocycles. The number of carbonyl (C=O) groups excluding carboxylic acids is 3. The van der Waals surface area contributed by atoms with E-state index >= 15 is 0 Å². The second-order valence-electron chi connectivity index (χ2n) is 9.38. The molecule has 1 aromatic carbocycles. The van der Waals surface area contributed by atoms with Crippen molar-refractivity contribution in [2.24, 2.45) is 11.8 Å². The third-order valence-corrected chi connectivity index (χ3v) is 6.58. The molecule has 1 saturated heterocycles. The fourth-order valence-corrected chi connectivity index (χ4v) is 4.67. The van der Waals surface area contributed by atoms with Crippen molar-refractivity contribution in [3.05, 3.63) is 35.4 Å². The summed E-state index contributed by atoms with van der Waals surface area (Å²) in [6.07, 6.45) is 5.31. The lowest BCUT2D eigenvalue weighted by molar-refractivity contribution is -0.136. The topological polar surface area (TPSA) is 78.5 Å². The maximum Gasteiger partial charge on any atom is 0.325 e. The van der Waals surface area contributed by atoms with Crippen LogP contribution in [0.5, 0.6) is 0 Å². The van der Waals surface area contributed by atoms with Gasteiger partial charge in [-0.05, 0) is 62.0 Å². The molecule has 6 heteroatoms. The van der Waals surface area contributed by atoms with Crippen LogP contribution in [-0.4, -0.2) is 34.8 Å². The van der Waals surface area contributed by atoms with E-state index in [0.29, 0.717) is 24.7 Å². The molecule has 30 heavy (non-hydrogen) atoms. The molecule has 164 valence electrons. The normalized spacial score (nSPS) is 25.0. The molecular formula is C24H35N3O3. The number of imide groups is 1. The van der Waals surface area contributed by atoms with Crippen LogP contribution < -0.4 is 10.6 Å². The van der Waals surface area contributed by atoms with Gasteiger partial charge in [-0.3, -0.25) is 14.5 Å². The van der Waals surface area contributed by atoms with E-state index in [1.807, 2.05) is 19.1 Å². The van der Waals surface area contributed by atoms with E-state index in [0.717, 1.165) is 36.1 Å². The Morgan fingerprint density at radius 1 is 1.17 bits per heavy atom. The van der Waals surface area contributed by atoms with E-state index in [1.54, 1.807) is 0 Å². The van der Waals surface area contributed by atoms with Crippen LogP contribution in [0.2, 0.25) is 0 Å². The van der Waals surface area contributed by atoms with E-state index in [9.17, 15) is 14.4 Å². The SMILES string of the molecule is CCC1CCC2(CC1)NC(=O)N(CC(=O)N[C@H](C)c1ccc(CC(C)C)cc1)C2=O. The molecule has 1 spiro atoms. The van der Waals surface area contributed by atoms with Gasteiger partial charge in [-0.1, -0.05) is 51.5 Å². The minimum Gasteiger partial charge on any atom is -0.348 e. The van der Waals surface area contributed by atoms with E-state index in [2.05, 4.69) is 43.5 Å². The molecular weight excluding hydrogens is 378 g/mol. The first-order valence-electron chi connectivity index (χ1n) is 11.3. The lowest BCUT2D eigenvalue weighted by atomic mass is 9.75. The molecule has 4 amide bonds. The Balaban J connectivity index is 1.56. The summed E-state index contributed by atoms with van der Waals surface area (Å²) in [5.41, 5.74) is 1.47. The maximum atomic E-state index is 13.0. The van der Waals surface area contributed by atoms with Gasteiger partial charge in [-0.2, -0.15) is 0 Å². The summed E-state index contributed by atoms with van der Waals surface area (Å²) in [5, 5.41) is 5.80. The van der Waals surface area contributed by atoms with Gasteiger partial charge in [0.05, 0.1) is 6.04 Å². The largest absolute Gasteiger partial charge is 0.348 e. The van der Waals surface area contributed by atoms with Gasteiger partial charge >= 0.3 is 6.03 Å². The van der Waals surface area contributed by atoms with Gasteiger partial charge < -0.3 is 10.6 Å². The van der Waals surface area contributed by atoms with Gasteiger partial charge in [0.2, 0.25) is 5.91 Å². The van der Waals surface area contributed by atoms with Crippen molar-refractivity contribution in [2.45, 2.75) is 77.8 Å². The van der Waals surface area contributed by atoms with E-state index < -0.39 is 11.6 Å². The predicted molar refractivity (Wildman–Crippen MR) is 117 cm³/mol. The minimum atomic E-state index is -0.805. The van der Waals surface area contributed by atoms with Crippen LogP contribution >= 0.6 is 0 Å². The van der Waals surface area contributed by atoms with Gasteiger partial charge in [0.25, 0.3) is 5.91 Å². The van der Waals surface area contributed by atoms with Crippen LogP contribution in [0.1, 0.15) is 77.0 Å². The number of nitrogens with one attached hydrogen (secondary N) is 2. The van der Waals surface area contributed by atoms with E-state index in [-0.39, 0.29) is 24.4 Å². The molecule has 1 aromatic rings. The quantitative estimate of drug-likeness (QED) is 0.664. The van der Waals surface area contributed by atoms with Crippen LogP contribution in [0.15, 0.2) is 24.3 Å². The third-order valence-electron chi connectivity index (χ3n) is 6.58. The van der Waals surface area contributed by atoms with Crippen molar-refractivity contribution in [3.8, 4) is 0 Å². The van der Waals surface area contributed by atoms with Gasteiger partial charge in [0.1, 0.15) is 12.1 Å². The van der Waals surface area contributed by atoms with E-state index in [4.69, 9.17) is 0 Å².